The molecule has 5 aromatic rings. The topological polar surface area (TPSA) is 254 Å². The number of nitrogens with two attached hydrogens (primary N) is 1. The van der Waals surface area contributed by atoms with E-state index in [1.807, 2.05) is 19.1 Å². The van der Waals surface area contributed by atoms with E-state index in [1.165, 1.54) is 26.0 Å². The Morgan fingerprint density at radius 3 is 2.52 bits per heavy atom. The van der Waals surface area contributed by atoms with Crippen molar-refractivity contribution in [1.29, 1.82) is 0 Å². The van der Waals surface area contributed by atoms with Crippen LogP contribution in [-0.2, 0) is 33.6 Å². The molecule has 2 saturated heterocycles. The molecule has 7 rings (SSSR count). The van der Waals surface area contributed by atoms with Crippen molar-refractivity contribution in [2.45, 2.75) is 62.1 Å². The van der Waals surface area contributed by atoms with Crippen LogP contribution in [0.3, 0.4) is 0 Å². The minimum absolute atomic E-state index is 0.0696. The number of H-pyrrole nitrogens is 1. The van der Waals surface area contributed by atoms with E-state index >= 15 is 0 Å². The Bertz CT molecular complexity index is 2340. The van der Waals surface area contributed by atoms with E-state index in [9.17, 15) is 29.2 Å². The van der Waals surface area contributed by atoms with Gasteiger partial charge in [0.15, 0.2) is 17.7 Å². The highest BCUT2D eigenvalue weighted by atomic mass is 32.7. The van der Waals surface area contributed by atoms with Crippen LogP contribution in [0.2, 0.25) is 0 Å². The maximum Gasteiger partial charge on any atom is 0.389 e. The van der Waals surface area contributed by atoms with E-state index in [0.29, 0.717) is 28.0 Å². The van der Waals surface area contributed by atoms with Gasteiger partial charge in [0.25, 0.3) is 5.56 Å². The van der Waals surface area contributed by atoms with E-state index in [4.69, 9.17) is 33.7 Å². The van der Waals surface area contributed by atoms with E-state index in [2.05, 4.69) is 19.9 Å². The predicted octanol–water partition coefficient (Wildman–Crippen LogP) is 2.48. The average molecular weight is 812 g/mol. The molecule has 0 spiro atoms. The molecule has 2 aliphatic rings. The van der Waals surface area contributed by atoms with E-state index < -0.39 is 80.2 Å². The highest BCUT2D eigenvalue weighted by Crippen LogP contribution is 2.64. The SMILES string of the molecule is CO[C@H]1C(O[P@](=O)(OC[C@H]2O[C@@H](n3cnc4c(N)ncnc43)CC2O)SCc2ccc(OC(=O)c3ccc(C)cc3)cc2)[C@@H](CO)O[C@H]1n1ccc(=O)[nH]c1=O. The number of methoxy groups -OCH3 is 1. The number of nitrogens with zero attached hydrogens (tertiary/aromatic N) is 5. The number of fused-ring (bicyclic) bond motifs is 1. The Balaban J connectivity index is 1.09. The molecule has 2 unspecified atom stereocenters. The van der Waals surface area contributed by atoms with Gasteiger partial charge in [0, 0.05) is 31.5 Å². The molecule has 0 bridgehead atoms. The van der Waals surface area contributed by atoms with Gasteiger partial charge in [-0.25, -0.2) is 29.1 Å². The number of hydrogen-bond acceptors (Lipinski definition) is 17. The molecule has 3 aromatic heterocycles. The largest absolute Gasteiger partial charge is 0.423 e. The molecule has 19 nitrogen and oxygen atoms in total. The van der Waals surface area contributed by atoms with Gasteiger partial charge in [0.1, 0.15) is 48.2 Å². The van der Waals surface area contributed by atoms with Crippen LogP contribution in [0.5, 0.6) is 5.75 Å². The Morgan fingerprint density at radius 1 is 1.04 bits per heavy atom. The summed E-state index contributed by atoms with van der Waals surface area (Å²) < 4.78 is 52.8. The van der Waals surface area contributed by atoms with Gasteiger partial charge < -0.3 is 34.9 Å². The lowest BCUT2D eigenvalue weighted by Gasteiger charge is -2.28. The molecular formula is C35H38N7O12PS. The Labute approximate surface area is 322 Å². The van der Waals surface area contributed by atoms with Gasteiger partial charge >= 0.3 is 18.5 Å². The average Bonchev–Trinajstić information content (AvgIpc) is 3.89. The van der Waals surface area contributed by atoms with Gasteiger partial charge in [-0.3, -0.25) is 28.0 Å². The van der Waals surface area contributed by atoms with Crippen molar-refractivity contribution < 1.29 is 47.6 Å². The number of rotatable bonds is 14. The molecule has 5 N–H and O–H groups in total. The molecule has 0 saturated carbocycles. The fraction of sp³-hybridized carbons (Fsp3) is 0.371. The molecule has 0 radical (unpaired) electrons. The summed E-state index contributed by atoms with van der Waals surface area (Å²) in [5.41, 5.74) is 7.32. The molecule has 0 amide bonds. The van der Waals surface area contributed by atoms with Crippen LogP contribution in [0.15, 0.2) is 83.0 Å². The lowest BCUT2D eigenvalue weighted by Crippen LogP contribution is -2.39. The van der Waals surface area contributed by atoms with E-state index in [-0.39, 0.29) is 18.0 Å². The number of hydrogen-bond donors (Lipinski definition) is 4. The lowest BCUT2D eigenvalue weighted by molar-refractivity contribution is -0.0625. The molecular weight excluding hydrogens is 773 g/mol. The van der Waals surface area contributed by atoms with E-state index in [1.54, 1.807) is 41.0 Å². The first-order valence-corrected chi connectivity index (χ1v) is 20.4. The number of esters is 1. The third-order valence-corrected chi connectivity index (χ3v) is 12.9. The minimum atomic E-state index is -4.29. The van der Waals surface area contributed by atoms with Crippen molar-refractivity contribution in [3.05, 3.63) is 111 Å². The molecule has 296 valence electrons. The molecule has 2 aliphatic heterocycles. The first-order valence-electron chi connectivity index (χ1n) is 17.3. The summed E-state index contributed by atoms with van der Waals surface area (Å²) in [4.78, 5) is 51.6. The maximum absolute atomic E-state index is 14.8. The van der Waals surface area contributed by atoms with Gasteiger partial charge in [0.2, 0.25) is 0 Å². The number of benzene rings is 2. The highest BCUT2D eigenvalue weighted by Gasteiger charge is 2.51. The number of carbonyl (C=O) groups is 1. The second-order valence-electron chi connectivity index (χ2n) is 13.0. The van der Waals surface area contributed by atoms with Crippen molar-refractivity contribution >= 4 is 41.1 Å². The number of aliphatic hydroxyl groups is 2. The quantitative estimate of drug-likeness (QED) is 0.0714. The number of aromatic amines is 1. The number of ether oxygens (including phenoxy) is 4. The third-order valence-electron chi connectivity index (χ3n) is 9.22. The summed E-state index contributed by atoms with van der Waals surface area (Å²) in [6, 6.07) is 14.6. The maximum atomic E-state index is 14.8. The zero-order chi connectivity index (χ0) is 39.6. The number of nitrogen functional groups attached to an aromatic ring is 1. The molecule has 8 atom stereocenters. The molecule has 5 heterocycles. The van der Waals surface area contributed by atoms with Gasteiger partial charge in [-0.15, -0.1) is 0 Å². The summed E-state index contributed by atoms with van der Waals surface area (Å²) in [7, 11) is 1.32. The van der Waals surface area contributed by atoms with Crippen LogP contribution >= 0.6 is 18.2 Å². The second kappa shape index (κ2) is 16.8. The zero-order valence-electron chi connectivity index (χ0n) is 29.9. The van der Waals surface area contributed by atoms with Crippen LogP contribution in [0, 0.1) is 6.92 Å². The van der Waals surface area contributed by atoms with Gasteiger partial charge in [-0.05, 0) is 48.1 Å². The number of nitrogens with one attached hydrogen (secondary N) is 1. The molecule has 2 fully saturated rings. The summed E-state index contributed by atoms with van der Waals surface area (Å²) in [6.45, 7) is -3.39. The van der Waals surface area contributed by atoms with Crippen LogP contribution in [0.1, 0.15) is 40.4 Å². The van der Waals surface area contributed by atoms with E-state index in [0.717, 1.165) is 27.6 Å². The third kappa shape index (κ3) is 8.48. The first-order chi connectivity index (χ1) is 26.9. The fourth-order valence-corrected chi connectivity index (χ4v) is 9.66. The minimum Gasteiger partial charge on any atom is -0.423 e. The van der Waals surface area contributed by atoms with Crippen LogP contribution in [0.4, 0.5) is 5.82 Å². The monoisotopic (exact) mass is 811 g/mol. The smallest absolute Gasteiger partial charge is 0.389 e. The predicted molar refractivity (Wildman–Crippen MR) is 200 cm³/mol. The van der Waals surface area contributed by atoms with Crippen LogP contribution < -0.4 is 21.7 Å². The Hall–Kier alpha value is -4.76. The van der Waals surface area contributed by atoms with Gasteiger partial charge in [-0.1, -0.05) is 29.8 Å². The van der Waals surface area contributed by atoms with Gasteiger partial charge in [-0.2, -0.15) is 0 Å². The Morgan fingerprint density at radius 2 is 1.80 bits per heavy atom. The standard InChI is InChI=1S/C35H38N7O12PS/c1-19-3-7-21(8-4-19)34(46)51-22-9-5-20(6-10-22)16-56-55(48,54-29-24(14-43)53-33(30(29)49-2)41-12-11-26(45)40-35(41)47)50-15-25-23(44)13-27(52-25)42-18-39-28-31(36)37-17-38-32(28)42/h3-12,17-18,23-25,27,29-30,33,43-44H,13-16H2,1-2H3,(H2,36,37,38)(H,40,45,47)/t23?,24-,25-,27-,29?,30+,33-,55+/m1/s1. The summed E-state index contributed by atoms with van der Waals surface area (Å²) in [6.07, 6.45) is -3.38. The van der Waals surface area contributed by atoms with Crippen molar-refractivity contribution in [2.24, 2.45) is 0 Å². The van der Waals surface area contributed by atoms with Crippen molar-refractivity contribution in [1.82, 2.24) is 29.1 Å². The number of carbonyl (C=O) groups excluding carboxylic acids is 1. The molecule has 21 heteroatoms. The van der Waals surface area contributed by atoms with Crippen molar-refractivity contribution in [3.8, 4) is 5.75 Å². The van der Waals surface area contributed by atoms with Crippen LogP contribution in [0.25, 0.3) is 11.2 Å². The Kier molecular flexibility index (Phi) is 11.8. The van der Waals surface area contributed by atoms with Crippen molar-refractivity contribution in [2.75, 3.05) is 26.1 Å². The molecule has 2 aromatic carbocycles. The normalized spacial score (nSPS) is 24.7. The zero-order valence-corrected chi connectivity index (χ0v) is 31.7. The van der Waals surface area contributed by atoms with Crippen molar-refractivity contribution in [3.63, 3.8) is 0 Å². The van der Waals surface area contributed by atoms with Gasteiger partial charge in [0.05, 0.1) is 31.2 Å². The summed E-state index contributed by atoms with van der Waals surface area (Å²) >= 11 is 0.807. The second-order valence-corrected chi connectivity index (χ2v) is 17.0. The number of imidazole rings is 1. The lowest BCUT2D eigenvalue weighted by atomic mass is 10.1. The number of aliphatic hydroxyl groups excluding tert-OH is 2. The number of aryl methyl sites for hydroxylation is 1. The summed E-state index contributed by atoms with van der Waals surface area (Å²) in [5.74, 6) is 0.0181. The summed E-state index contributed by atoms with van der Waals surface area (Å²) in [5, 5.41) is 21.3. The highest BCUT2D eigenvalue weighted by molar-refractivity contribution is 8.54. The fourth-order valence-electron chi connectivity index (χ4n) is 6.28. The number of anilines is 1. The number of aromatic nitrogens is 6. The molecule has 56 heavy (non-hydrogen) atoms. The first kappa shape index (κ1) is 39.5. The molecule has 0 aliphatic carbocycles. The van der Waals surface area contributed by atoms with Crippen LogP contribution in [-0.4, -0.2) is 96.1 Å².